The van der Waals surface area contributed by atoms with E-state index in [0.717, 1.165) is 26.0 Å². The zero-order valence-corrected chi connectivity index (χ0v) is 12.3. The molecular weight excluding hydrogens is 238 g/mol. The molecule has 5 heteroatoms. The van der Waals surface area contributed by atoms with Crippen molar-refractivity contribution in [3.8, 4) is 0 Å². The zero-order chi connectivity index (χ0) is 13.3. The molecule has 0 aliphatic carbocycles. The van der Waals surface area contributed by atoms with Crippen LogP contribution < -0.4 is 5.32 Å². The summed E-state index contributed by atoms with van der Waals surface area (Å²) in [6.45, 7) is 9.67. The zero-order valence-electron chi connectivity index (χ0n) is 11.5. The number of hydrogen-bond donors (Lipinski definition) is 1. The summed E-state index contributed by atoms with van der Waals surface area (Å²) in [4.78, 5) is 0. The van der Waals surface area contributed by atoms with E-state index in [0.29, 0.717) is 12.6 Å². The summed E-state index contributed by atoms with van der Waals surface area (Å²) in [5.41, 5.74) is 0. The summed E-state index contributed by atoms with van der Waals surface area (Å²) in [7, 11) is -2.89. The van der Waals surface area contributed by atoms with Crippen LogP contribution >= 0.6 is 0 Å². The highest BCUT2D eigenvalue weighted by Gasteiger charge is 2.14. The predicted octanol–water partition coefficient (Wildman–Crippen LogP) is 1.60. The minimum atomic E-state index is -2.89. The third kappa shape index (κ3) is 9.56. The van der Waals surface area contributed by atoms with Gasteiger partial charge in [0, 0.05) is 13.2 Å². The molecule has 0 spiro atoms. The normalized spacial score (nSPS) is 12.6. The highest BCUT2D eigenvalue weighted by molar-refractivity contribution is 7.92. The van der Waals surface area contributed by atoms with Crippen LogP contribution in [0.15, 0.2) is 0 Å². The van der Waals surface area contributed by atoms with Crippen molar-refractivity contribution in [1.82, 2.24) is 5.32 Å². The average molecular weight is 265 g/mol. The first kappa shape index (κ1) is 16.9. The number of unbranched alkanes of at least 4 members (excludes halogenated alkanes) is 1. The van der Waals surface area contributed by atoms with Crippen LogP contribution in [0.3, 0.4) is 0 Å². The molecule has 0 rings (SSSR count). The minimum absolute atomic E-state index is 0.229. The van der Waals surface area contributed by atoms with Crippen molar-refractivity contribution in [3.05, 3.63) is 0 Å². The molecule has 0 unspecified atom stereocenters. The van der Waals surface area contributed by atoms with E-state index in [1.807, 2.05) is 13.8 Å². The lowest BCUT2D eigenvalue weighted by atomic mass is 10.3. The Bertz CT molecular complexity index is 273. The molecule has 0 amide bonds. The fourth-order valence-electron chi connectivity index (χ4n) is 1.25. The maximum atomic E-state index is 11.5. The lowest BCUT2D eigenvalue weighted by Crippen LogP contribution is -2.27. The third-order valence-corrected chi connectivity index (χ3v) is 4.69. The van der Waals surface area contributed by atoms with E-state index >= 15 is 0 Å². The van der Waals surface area contributed by atoms with E-state index < -0.39 is 9.84 Å². The summed E-state index contributed by atoms with van der Waals surface area (Å²) in [5.74, 6) is 0.229. The standard InChI is InChI=1S/C12H27NO3S/c1-11(2)16-9-6-5-7-13-8-10-17(14,15)12(3)4/h11-13H,5-10H2,1-4H3. The highest BCUT2D eigenvalue weighted by Crippen LogP contribution is 1.99. The molecule has 0 aliphatic heterocycles. The Kier molecular flexibility index (Phi) is 8.82. The summed E-state index contributed by atoms with van der Waals surface area (Å²) in [6, 6.07) is 0. The van der Waals surface area contributed by atoms with Crippen molar-refractivity contribution in [2.75, 3.05) is 25.4 Å². The van der Waals surface area contributed by atoms with Gasteiger partial charge in [-0.2, -0.15) is 0 Å². The molecule has 0 saturated carbocycles. The van der Waals surface area contributed by atoms with E-state index in [1.165, 1.54) is 0 Å². The molecule has 0 atom stereocenters. The van der Waals surface area contributed by atoms with Crippen molar-refractivity contribution < 1.29 is 13.2 Å². The van der Waals surface area contributed by atoms with Gasteiger partial charge in [-0.05, 0) is 47.1 Å². The van der Waals surface area contributed by atoms with Crippen LogP contribution in [0.1, 0.15) is 40.5 Å². The van der Waals surface area contributed by atoms with Gasteiger partial charge in [-0.25, -0.2) is 8.42 Å². The van der Waals surface area contributed by atoms with Crippen LogP contribution in [-0.2, 0) is 14.6 Å². The van der Waals surface area contributed by atoms with E-state index in [9.17, 15) is 8.42 Å². The molecule has 0 heterocycles. The first-order valence-electron chi connectivity index (χ1n) is 6.40. The lowest BCUT2D eigenvalue weighted by Gasteiger charge is -2.09. The van der Waals surface area contributed by atoms with Crippen molar-refractivity contribution in [2.24, 2.45) is 0 Å². The van der Waals surface area contributed by atoms with Crippen LogP contribution in [0.4, 0.5) is 0 Å². The van der Waals surface area contributed by atoms with Gasteiger partial charge in [-0.1, -0.05) is 0 Å². The SMILES string of the molecule is CC(C)OCCCCNCCS(=O)(=O)C(C)C. The van der Waals surface area contributed by atoms with Crippen LogP contribution in [0, 0.1) is 0 Å². The summed E-state index contributed by atoms with van der Waals surface area (Å²) in [5, 5.41) is 2.88. The van der Waals surface area contributed by atoms with Crippen molar-refractivity contribution in [2.45, 2.75) is 51.9 Å². The molecule has 0 saturated heterocycles. The average Bonchev–Trinajstić information content (AvgIpc) is 2.21. The Morgan fingerprint density at radius 3 is 2.24 bits per heavy atom. The largest absolute Gasteiger partial charge is 0.379 e. The molecule has 0 aromatic carbocycles. The second-order valence-electron chi connectivity index (χ2n) is 4.79. The number of nitrogens with one attached hydrogen (secondary N) is 1. The van der Waals surface area contributed by atoms with Gasteiger partial charge in [0.15, 0.2) is 9.84 Å². The highest BCUT2D eigenvalue weighted by atomic mass is 32.2. The molecule has 0 radical (unpaired) electrons. The molecule has 0 aromatic rings. The summed E-state index contributed by atoms with van der Waals surface area (Å²) >= 11 is 0. The monoisotopic (exact) mass is 265 g/mol. The van der Waals surface area contributed by atoms with Crippen molar-refractivity contribution in [3.63, 3.8) is 0 Å². The maximum absolute atomic E-state index is 11.5. The van der Waals surface area contributed by atoms with Crippen LogP contribution in [0.5, 0.6) is 0 Å². The van der Waals surface area contributed by atoms with Crippen LogP contribution in [0.2, 0.25) is 0 Å². The molecular formula is C12H27NO3S. The Labute approximate surface area is 106 Å². The Morgan fingerprint density at radius 1 is 1.06 bits per heavy atom. The Morgan fingerprint density at radius 2 is 1.71 bits per heavy atom. The van der Waals surface area contributed by atoms with E-state index in [2.05, 4.69) is 5.32 Å². The van der Waals surface area contributed by atoms with E-state index in [4.69, 9.17) is 4.74 Å². The lowest BCUT2D eigenvalue weighted by molar-refractivity contribution is 0.0761. The van der Waals surface area contributed by atoms with Crippen molar-refractivity contribution >= 4 is 9.84 Å². The quantitative estimate of drug-likeness (QED) is 0.610. The number of hydrogen-bond acceptors (Lipinski definition) is 4. The van der Waals surface area contributed by atoms with Crippen LogP contribution in [-0.4, -0.2) is 45.2 Å². The molecule has 0 aromatic heterocycles. The fourth-order valence-corrected chi connectivity index (χ4v) is 2.15. The Hall–Kier alpha value is -0.130. The van der Waals surface area contributed by atoms with Gasteiger partial charge in [0.25, 0.3) is 0 Å². The van der Waals surface area contributed by atoms with E-state index in [-0.39, 0.29) is 11.0 Å². The molecule has 0 aliphatic rings. The number of rotatable bonds is 10. The first-order chi connectivity index (χ1) is 7.86. The Balaban J connectivity index is 3.36. The summed E-state index contributed by atoms with van der Waals surface area (Å²) < 4.78 is 28.4. The van der Waals surface area contributed by atoms with Gasteiger partial charge in [0.1, 0.15) is 0 Å². The molecule has 0 bridgehead atoms. The van der Waals surface area contributed by atoms with Gasteiger partial charge in [-0.3, -0.25) is 0 Å². The summed E-state index contributed by atoms with van der Waals surface area (Å²) in [6.07, 6.45) is 2.33. The molecule has 1 N–H and O–H groups in total. The van der Waals surface area contributed by atoms with Crippen LogP contribution in [0.25, 0.3) is 0 Å². The van der Waals surface area contributed by atoms with E-state index in [1.54, 1.807) is 13.8 Å². The first-order valence-corrected chi connectivity index (χ1v) is 8.11. The molecule has 17 heavy (non-hydrogen) atoms. The predicted molar refractivity (Wildman–Crippen MR) is 72.1 cm³/mol. The minimum Gasteiger partial charge on any atom is -0.379 e. The molecule has 0 fully saturated rings. The van der Waals surface area contributed by atoms with Gasteiger partial charge in [0.05, 0.1) is 17.1 Å². The third-order valence-electron chi connectivity index (χ3n) is 2.48. The number of ether oxygens (including phenoxy) is 1. The van der Waals surface area contributed by atoms with Gasteiger partial charge < -0.3 is 10.1 Å². The maximum Gasteiger partial charge on any atom is 0.153 e. The van der Waals surface area contributed by atoms with Gasteiger partial charge in [-0.15, -0.1) is 0 Å². The van der Waals surface area contributed by atoms with Crippen molar-refractivity contribution in [1.29, 1.82) is 0 Å². The fraction of sp³-hybridized carbons (Fsp3) is 1.00. The smallest absolute Gasteiger partial charge is 0.153 e. The topological polar surface area (TPSA) is 55.4 Å². The molecule has 4 nitrogen and oxygen atoms in total. The number of sulfone groups is 1. The van der Waals surface area contributed by atoms with Gasteiger partial charge in [0.2, 0.25) is 0 Å². The van der Waals surface area contributed by atoms with Gasteiger partial charge >= 0.3 is 0 Å². The second kappa shape index (κ2) is 8.89. The second-order valence-corrected chi connectivity index (χ2v) is 7.47. The molecule has 104 valence electrons.